The Morgan fingerprint density at radius 1 is 1.39 bits per heavy atom. The van der Waals surface area contributed by atoms with Crippen LogP contribution >= 0.6 is 11.3 Å². The molecule has 0 unspecified atom stereocenters. The summed E-state index contributed by atoms with van der Waals surface area (Å²) in [6, 6.07) is 3.37. The van der Waals surface area contributed by atoms with Crippen molar-refractivity contribution in [1.29, 1.82) is 0 Å². The van der Waals surface area contributed by atoms with Gasteiger partial charge >= 0.3 is 0 Å². The van der Waals surface area contributed by atoms with Crippen LogP contribution in [0.3, 0.4) is 0 Å². The summed E-state index contributed by atoms with van der Waals surface area (Å²) in [5.74, 6) is -0.118. The molecule has 1 aromatic rings. The number of hydrogen-bond acceptors (Lipinski definition) is 4. The van der Waals surface area contributed by atoms with E-state index in [9.17, 15) is 13.2 Å². The predicted octanol–water partition coefficient (Wildman–Crippen LogP) is 1.17. The average molecular weight is 288 g/mol. The van der Waals surface area contributed by atoms with E-state index in [0.717, 1.165) is 17.7 Å². The van der Waals surface area contributed by atoms with E-state index in [0.29, 0.717) is 23.8 Å². The lowest BCUT2D eigenvalue weighted by Crippen LogP contribution is -2.27. The Bertz CT molecular complexity index is 530. The molecule has 2 rings (SSSR count). The van der Waals surface area contributed by atoms with Gasteiger partial charge in [-0.1, -0.05) is 0 Å². The lowest BCUT2D eigenvalue weighted by molar-refractivity contribution is -0.119. The molecule has 0 aliphatic carbocycles. The van der Waals surface area contributed by atoms with Crippen LogP contribution in [0.5, 0.6) is 0 Å². The minimum absolute atomic E-state index is 0.118. The number of hydrogen-bond donors (Lipinski definition) is 1. The molecule has 7 heteroatoms. The first kappa shape index (κ1) is 13.5. The van der Waals surface area contributed by atoms with E-state index in [-0.39, 0.29) is 5.91 Å². The number of nitrogens with zero attached hydrogens (tertiary/aromatic N) is 1. The normalized spacial score (nSPS) is 16.9. The molecule has 5 nitrogen and oxygen atoms in total. The van der Waals surface area contributed by atoms with Gasteiger partial charge in [-0.2, -0.15) is 4.31 Å². The van der Waals surface area contributed by atoms with Crippen molar-refractivity contribution in [2.45, 2.75) is 30.5 Å². The molecule has 100 valence electrons. The summed E-state index contributed by atoms with van der Waals surface area (Å²) in [5, 5.41) is 2.66. The Kier molecular flexibility index (Phi) is 4.04. The van der Waals surface area contributed by atoms with Gasteiger partial charge in [-0.3, -0.25) is 4.79 Å². The summed E-state index contributed by atoms with van der Waals surface area (Å²) in [5.41, 5.74) is 0. The van der Waals surface area contributed by atoms with E-state index in [1.807, 2.05) is 0 Å². The molecule has 0 aromatic carbocycles. The second-order valence-electron chi connectivity index (χ2n) is 4.24. The Morgan fingerprint density at radius 2 is 2.06 bits per heavy atom. The van der Waals surface area contributed by atoms with Crippen LogP contribution in [0.2, 0.25) is 0 Å². The standard InChI is InChI=1S/C11H16N2O3S2/c1-9(14)12-8-10-4-5-11(17-10)18(15,16)13-6-2-3-7-13/h4-5H,2-3,6-8H2,1H3,(H,12,14). The highest BCUT2D eigenvalue weighted by Crippen LogP contribution is 2.27. The third kappa shape index (κ3) is 2.90. The molecular formula is C11H16N2O3S2. The maximum absolute atomic E-state index is 12.2. The summed E-state index contributed by atoms with van der Waals surface area (Å²) < 4.78 is 26.4. The summed E-state index contributed by atoms with van der Waals surface area (Å²) in [6.45, 7) is 3.05. The molecule has 0 radical (unpaired) electrons. The molecule has 1 amide bonds. The molecule has 0 spiro atoms. The summed E-state index contributed by atoms with van der Waals surface area (Å²) in [7, 11) is -3.32. The molecule has 0 bridgehead atoms. The highest BCUT2D eigenvalue weighted by molar-refractivity contribution is 7.91. The Labute approximate surface area is 111 Å². The molecule has 1 aliphatic rings. The van der Waals surface area contributed by atoms with Crippen LogP contribution < -0.4 is 5.32 Å². The quantitative estimate of drug-likeness (QED) is 0.904. The first-order valence-electron chi connectivity index (χ1n) is 5.83. The average Bonchev–Trinajstić information content (AvgIpc) is 2.98. The van der Waals surface area contributed by atoms with Crippen molar-refractivity contribution >= 4 is 27.3 Å². The lowest BCUT2D eigenvalue weighted by atomic mass is 10.4. The van der Waals surface area contributed by atoms with E-state index in [2.05, 4.69) is 5.32 Å². The molecule has 18 heavy (non-hydrogen) atoms. The van der Waals surface area contributed by atoms with Gasteiger partial charge in [-0.15, -0.1) is 11.3 Å². The SMILES string of the molecule is CC(=O)NCc1ccc(S(=O)(=O)N2CCCC2)s1. The molecule has 1 aliphatic heterocycles. The Balaban J connectivity index is 2.11. The van der Waals surface area contributed by atoms with E-state index in [4.69, 9.17) is 0 Å². The zero-order valence-corrected chi connectivity index (χ0v) is 11.8. The zero-order chi connectivity index (χ0) is 13.2. The third-order valence-electron chi connectivity index (χ3n) is 2.81. The summed E-state index contributed by atoms with van der Waals surface area (Å²) >= 11 is 1.22. The molecule has 1 fully saturated rings. The number of carbonyl (C=O) groups is 1. The zero-order valence-electron chi connectivity index (χ0n) is 10.2. The Morgan fingerprint density at radius 3 is 2.67 bits per heavy atom. The van der Waals surface area contributed by atoms with E-state index in [1.165, 1.54) is 22.6 Å². The van der Waals surface area contributed by atoms with Crippen LogP contribution in [0.15, 0.2) is 16.3 Å². The monoisotopic (exact) mass is 288 g/mol. The van der Waals surface area contributed by atoms with Crippen molar-refractivity contribution in [3.63, 3.8) is 0 Å². The molecule has 0 atom stereocenters. The number of rotatable bonds is 4. The van der Waals surface area contributed by atoms with Gasteiger partial charge in [0.2, 0.25) is 5.91 Å². The predicted molar refractivity (Wildman–Crippen MR) is 69.8 cm³/mol. The molecule has 1 aromatic heterocycles. The van der Waals surface area contributed by atoms with Crippen molar-refractivity contribution in [2.24, 2.45) is 0 Å². The van der Waals surface area contributed by atoms with E-state index < -0.39 is 10.0 Å². The minimum atomic E-state index is -3.32. The largest absolute Gasteiger partial charge is 0.351 e. The van der Waals surface area contributed by atoms with Crippen LogP contribution in [0.1, 0.15) is 24.6 Å². The van der Waals surface area contributed by atoms with Gasteiger partial charge in [0.15, 0.2) is 0 Å². The molecule has 0 saturated carbocycles. The van der Waals surface area contributed by atoms with Gasteiger partial charge < -0.3 is 5.32 Å². The van der Waals surface area contributed by atoms with Gasteiger partial charge in [-0.25, -0.2) is 8.42 Å². The molecule has 2 heterocycles. The van der Waals surface area contributed by atoms with Gasteiger partial charge in [0, 0.05) is 24.9 Å². The first-order valence-corrected chi connectivity index (χ1v) is 8.09. The van der Waals surface area contributed by atoms with E-state index >= 15 is 0 Å². The second kappa shape index (κ2) is 5.38. The number of nitrogens with one attached hydrogen (secondary N) is 1. The van der Waals surface area contributed by atoms with Crippen LogP contribution in [0, 0.1) is 0 Å². The summed E-state index contributed by atoms with van der Waals surface area (Å²) in [4.78, 5) is 11.6. The minimum Gasteiger partial charge on any atom is -0.351 e. The maximum Gasteiger partial charge on any atom is 0.252 e. The number of sulfonamides is 1. The van der Waals surface area contributed by atoms with Crippen LogP contribution in [-0.2, 0) is 21.4 Å². The van der Waals surface area contributed by atoms with Crippen molar-refractivity contribution in [1.82, 2.24) is 9.62 Å². The number of carbonyl (C=O) groups excluding carboxylic acids is 1. The van der Waals surface area contributed by atoms with Crippen molar-refractivity contribution in [3.05, 3.63) is 17.0 Å². The molecule has 1 saturated heterocycles. The highest BCUT2D eigenvalue weighted by atomic mass is 32.2. The van der Waals surface area contributed by atoms with Gasteiger partial charge in [-0.05, 0) is 25.0 Å². The fraction of sp³-hybridized carbons (Fsp3) is 0.545. The molecular weight excluding hydrogens is 272 g/mol. The van der Waals surface area contributed by atoms with Crippen LogP contribution in [0.25, 0.3) is 0 Å². The van der Waals surface area contributed by atoms with Crippen molar-refractivity contribution in [3.8, 4) is 0 Å². The first-order chi connectivity index (χ1) is 8.50. The molecule has 1 N–H and O–H groups in total. The van der Waals surface area contributed by atoms with Crippen molar-refractivity contribution < 1.29 is 13.2 Å². The lowest BCUT2D eigenvalue weighted by Gasteiger charge is -2.13. The summed E-state index contributed by atoms with van der Waals surface area (Å²) in [6.07, 6.45) is 1.87. The fourth-order valence-corrected chi connectivity index (χ4v) is 4.83. The number of amides is 1. The van der Waals surface area contributed by atoms with Crippen molar-refractivity contribution in [2.75, 3.05) is 13.1 Å². The van der Waals surface area contributed by atoms with Crippen LogP contribution in [-0.4, -0.2) is 31.7 Å². The second-order valence-corrected chi connectivity index (χ2v) is 7.57. The van der Waals surface area contributed by atoms with Gasteiger partial charge in [0.05, 0.1) is 6.54 Å². The topological polar surface area (TPSA) is 66.5 Å². The number of thiophene rings is 1. The Hall–Kier alpha value is -0.920. The maximum atomic E-state index is 12.2. The highest BCUT2D eigenvalue weighted by Gasteiger charge is 2.28. The third-order valence-corrected chi connectivity index (χ3v) is 6.26. The van der Waals surface area contributed by atoms with Gasteiger partial charge in [0.1, 0.15) is 4.21 Å². The fourth-order valence-electron chi connectivity index (χ4n) is 1.86. The van der Waals surface area contributed by atoms with E-state index in [1.54, 1.807) is 12.1 Å². The smallest absolute Gasteiger partial charge is 0.252 e. The van der Waals surface area contributed by atoms with Crippen LogP contribution in [0.4, 0.5) is 0 Å². The van der Waals surface area contributed by atoms with Gasteiger partial charge in [0.25, 0.3) is 10.0 Å².